The highest BCUT2D eigenvalue weighted by Crippen LogP contribution is 2.27. The molecule has 0 N–H and O–H groups in total. The Bertz CT molecular complexity index is 646. The fraction of sp³-hybridized carbons (Fsp3) is 0.381. The van der Waals surface area contributed by atoms with Crippen molar-refractivity contribution in [2.45, 2.75) is 19.9 Å². The number of carbonyl (C=O) groups excluding carboxylic acids is 1. The number of benzene rings is 2. The Labute approximate surface area is 144 Å². The lowest BCUT2D eigenvalue weighted by Gasteiger charge is -2.40. The molecule has 3 heteroatoms. The normalized spacial score (nSPS) is 17.0. The van der Waals surface area contributed by atoms with Crippen LogP contribution in [-0.4, -0.2) is 36.9 Å². The predicted octanol–water partition coefficient (Wildman–Crippen LogP) is 3.78. The van der Waals surface area contributed by atoms with E-state index in [4.69, 9.17) is 0 Å². The van der Waals surface area contributed by atoms with E-state index in [1.165, 1.54) is 5.69 Å². The summed E-state index contributed by atoms with van der Waals surface area (Å²) in [5.74, 6) is 0.358. The maximum atomic E-state index is 12.8. The van der Waals surface area contributed by atoms with Gasteiger partial charge in [-0.3, -0.25) is 9.69 Å². The monoisotopic (exact) mass is 322 g/mol. The molecular weight excluding hydrogens is 296 g/mol. The van der Waals surface area contributed by atoms with Crippen molar-refractivity contribution in [1.29, 1.82) is 0 Å². The van der Waals surface area contributed by atoms with Crippen molar-refractivity contribution in [3.8, 4) is 0 Å². The Morgan fingerprint density at radius 1 is 0.833 bits per heavy atom. The first-order chi connectivity index (χ1) is 11.7. The summed E-state index contributed by atoms with van der Waals surface area (Å²) < 4.78 is 0. The van der Waals surface area contributed by atoms with Crippen molar-refractivity contribution >= 4 is 11.5 Å². The first-order valence-electron chi connectivity index (χ1n) is 8.79. The van der Waals surface area contributed by atoms with Gasteiger partial charge >= 0.3 is 0 Å². The maximum Gasteiger partial charge on any atom is 0.157 e. The summed E-state index contributed by atoms with van der Waals surface area (Å²) >= 11 is 0. The molecule has 1 saturated heterocycles. The quantitative estimate of drug-likeness (QED) is 0.837. The lowest BCUT2D eigenvalue weighted by molar-refractivity contribution is -0.127. The average Bonchev–Trinajstić information content (AvgIpc) is 2.64. The van der Waals surface area contributed by atoms with E-state index in [1.807, 2.05) is 38.1 Å². The summed E-state index contributed by atoms with van der Waals surface area (Å²) in [4.78, 5) is 17.6. The second kappa shape index (κ2) is 7.63. The van der Waals surface area contributed by atoms with Crippen molar-refractivity contribution < 1.29 is 4.79 Å². The van der Waals surface area contributed by atoms with Crippen LogP contribution in [0.2, 0.25) is 0 Å². The Balaban J connectivity index is 1.75. The number of piperazine rings is 1. The summed E-state index contributed by atoms with van der Waals surface area (Å²) in [6.07, 6.45) is 0. The van der Waals surface area contributed by atoms with E-state index in [0.29, 0.717) is 5.78 Å². The highest BCUT2D eigenvalue weighted by atomic mass is 16.1. The molecule has 0 radical (unpaired) electrons. The zero-order valence-electron chi connectivity index (χ0n) is 14.6. The molecule has 0 amide bonds. The van der Waals surface area contributed by atoms with Gasteiger partial charge < -0.3 is 4.90 Å². The van der Waals surface area contributed by atoms with Crippen LogP contribution in [0.5, 0.6) is 0 Å². The number of ketones is 1. The minimum atomic E-state index is -0.121. The summed E-state index contributed by atoms with van der Waals surface area (Å²) in [7, 11) is 0. The van der Waals surface area contributed by atoms with Gasteiger partial charge in [0.1, 0.15) is 0 Å². The number of carbonyl (C=O) groups is 1. The minimum Gasteiger partial charge on any atom is -0.369 e. The van der Waals surface area contributed by atoms with Crippen molar-refractivity contribution in [1.82, 2.24) is 4.90 Å². The molecule has 126 valence electrons. The van der Waals surface area contributed by atoms with Gasteiger partial charge in [-0.25, -0.2) is 0 Å². The third-order valence-electron chi connectivity index (χ3n) is 4.75. The molecule has 1 aliphatic heterocycles. The van der Waals surface area contributed by atoms with Crippen molar-refractivity contribution in [2.75, 3.05) is 31.1 Å². The van der Waals surface area contributed by atoms with Gasteiger partial charge in [-0.15, -0.1) is 0 Å². The van der Waals surface area contributed by atoms with Crippen LogP contribution in [-0.2, 0) is 4.79 Å². The van der Waals surface area contributed by atoms with Gasteiger partial charge in [0.2, 0.25) is 0 Å². The van der Waals surface area contributed by atoms with Crippen LogP contribution in [0.3, 0.4) is 0 Å². The molecule has 0 aliphatic carbocycles. The van der Waals surface area contributed by atoms with Gasteiger partial charge in [0.05, 0.1) is 6.04 Å². The van der Waals surface area contributed by atoms with Gasteiger partial charge in [0.25, 0.3) is 0 Å². The van der Waals surface area contributed by atoms with Gasteiger partial charge in [0.15, 0.2) is 5.78 Å². The average molecular weight is 322 g/mol. The summed E-state index contributed by atoms with van der Waals surface area (Å²) in [6.45, 7) is 7.73. The van der Waals surface area contributed by atoms with Gasteiger partial charge in [-0.2, -0.15) is 0 Å². The lowest BCUT2D eigenvalue weighted by atomic mass is 9.93. The lowest BCUT2D eigenvalue weighted by Crippen LogP contribution is -2.49. The molecule has 2 aromatic carbocycles. The molecule has 0 bridgehead atoms. The molecule has 0 aromatic heterocycles. The van der Waals surface area contributed by atoms with Crippen LogP contribution in [0.15, 0.2) is 60.7 Å². The number of anilines is 1. The van der Waals surface area contributed by atoms with Crippen LogP contribution >= 0.6 is 0 Å². The van der Waals surface area contributed by atoms with Crippen LogP contribution < -0.4 is 4.90 Å². The fourth-order valence-corrected chi connectivity index (χ4v) is 3.38. The Morgan fingerprint density at radius 2 is 1.38 bits per heavy atom. The van der Waals surface area contributed by atoms with E-state index < -0.39 is 0 Å². The van der Waals surface area contributed by atoms with E-state index in [0.717, 1.165) is 31.7 Å². The Morgan fingerprint density at radius 3 is 1.92 bits per heavy atom. The summed E-state index contributed by atoms with van der Waals surface area (Å²) in [6, 6.07) is 20.6. The predicted molar refractivity (Wildman–Crippen MR) is 99.3 cm³/mol. The molecular formula is C21H26N2O. The number of para-hydroxylation sites is 1. The van der Waals surface area contributed by atoms with E-state index >= 15 is 0 Å². The molecule has 2 aromatic rings. The first kappa shape index (κ1) is 16.7. The van der Waals surface area contributed by atoms with E-state index in [9.17, 15) is 4.79 Å². The smallest absolute Gasteiger partial charge is 0.157 e. The fourth-order valence-electron chi connectivity index (χ4n) is 3.38. The molecule has 24 heavy (non-hydrogen) atoms. The summed E-state index contributed by atoms with van der Waals surface area (Å²) in [5, 5.41) is 0. The standard InChI is InChI=1S/C21H26N2O/c1-17(2)21(24)20(18-9-5-3-6-10-18)23-15-13-22(14-16-23)19-11-7-4-8-12-19/h3-12,17,20H,13-16H2,1-2H3/t20-/m1/s1. The van der Waals surface area contributed by atoms with E-state index in [2.05, 4.69) is 46.2 Å². The summed E-state index contributed by atoms with van der Waals surface area (Å²) in [5.41, 5.74) is 2.38. The molecule has 0 unspecified atom stereocenters. The number of nitrogens with zero attached hydrogens (tertiary/aromatic N) is 2. The van der Waals surface area contributed by atoms with Crippen molar-refractivity contribution in [2.24, 2.45) is 5.92 Å². The maximum absolute atomic E-state index is 12.8. The largest absolute Gasteiger partial charge is 0.369 e. The highest BCUT2D eigenvalue weighted by Gasteiger charge is 2.31. The first-order valence-corrected chi connectivity index (χ1v) is 8.79. The van der Waals surface area contributed by atoms with Gasteiger partial charge in [-0.1, -0.05) is 62.4 Å². The molecule has 3 nitrogen and oxygen atoms in total. The Hall–Kier alpha value is -2.13. The van der Waals surface area contributed by atoms with Gasteiger partial charge in [-0.05, 0) is 17.7 Å². The molecule has 0 spiro atoms. The number of Topliss-reactive ketones (excluding diaryl/α,β-unsaturated/α-hetero) is 1. The number of hydrogen-bond acceptors (Lipinski definition) is 3. The number of rotatable bonds is 5. The van der Waals surface area contributed by atoms with Crippen LogP contribution in [0.25, 0.3) is 0 Å². The molecule has 3 rings (SSSR count). The van der Waals surface area contributed by atoms with E-state index in [-0.39, 0.29) is 12.0 Å². The van der Waals surface area contributed by atoms with Crippen molar-refractivity contribution in [3.05, 3.63) is 66.2 Å². The third-order valence-corrected chi connectivity index (χ3v) is 4.75. The second-order valence-electron chi connectivity index (χ2n) is 6.73. The zero-order valence-corrected chi connectivity index (χ0v) is 14.6. The van der Waals surface area contributed by atoms with Gasteiger partial charge in [0, 0.05) is 37.8 Å². The van der Waals surface area contributed by atoms with E-state index in [1.54, 1.807) is 0 Å². The molecule has 1 fully saturated rings. The SMILES string of the molecule is CC(C)C(=O)[C@@H](c1ccccc1)N1CCN(c2ccccc2)CC1. The highest BCUT2D eigenvalue weighted by molar-refractivity contribution is 5.87. The zero-order chi connectivity index (χ0) is 16.9. The van der Waals surface area contributed by atoms with Crippen LogP contribution in [0.1, 0.15) is 25.5 Å². The van der Waals surface area contributed by atoms with Crippen LogP contribution in [0.4, 0.5) is 5.69 Å². The molecule has 1 heterocycles. The minimum absolute atomic E-state index is 0.0439. The Kier molecular flexibility index (Phi) is 5.31. The van der Waals surface area contributed by atoms with Crippen LogP contribution in [0, 0.1) is 5.92 Å². The molecule has 0 saturated carbocycles. The molecule has 1 atom stereocenters. The third kappa shape index (κ3) is 3.68. The molecule has 1 aliphatic rings. The topological polar surface area (TPSA) is 23.6 Å². The number of hydrogen-bond donors (Lipinski definition) is 0. The van der Waals surface area contributed by atoms with Crippen molar-refractivity contribution in [3.63, 3.8) is 0 Å². The second-order valence-corrected chi connectivity index (χ2v) is 6.73.